The first kappa shape index (κ1) is 14.8. The topological polar surface area (TPSA) is 58.6 Å². The summed E-state index contributed by atoms with van der Waals surface area (Å²) in [5.74, 6) is -0.0803. The molecule has 1 aliphatic heterocycles. The molecule has 1 heterocycles. The molecule has 1 unspecified atom stereocenters. The maximum atomic E-state index is 12.1. The third kappa shape index (κ3) is 3.48. The van der Waals surface area contributed by atoms with Gasteiger partial charge >= 0.3 is 0 Å². The van der Waals surface area contributed by atoms with E-state index in [0.717, 1.165) is 38.5 Å². The average Bonchev–Trinajstić information content (AvgIpc) is 2.79. The van der Waals surface area contributed by atoms with E-state index in [4.69, 9.17) is 4.74 Å². The van der Waals surface area contributed by atoms with Crippen LogP contribution >= 0.6 is 0 Å². The monoisotopic (exact) mass is 269 g/mol. The molecule has 1 amide bonds. The summed E-state index contributed by atoms with van der Waals surface area (Å²) in [6.07, 6.45) is 5.24. The molecule has 4 heteroatoms. The lowest BCUT2D eigenvalue weighted by molar-refractivity contribution is -0.141. The van der Waals surface area contributed by atoms with E-state index in [1.807, 2.05) is 6.92 Å². The van der Waals surface area contributed by atoms with Crippen molar-refractivity contribution < 1.29 is 14.6 Å². The molecule has 0 aromatic rings. The van der Waals surface area contributed by atoms with Gasteiger partial charge < -0.3 is 15.2 Å². The molecular formula is C15H27NO3. The Morgan fingerprint density at radius 1 is 1.16 bits per heavy atom. The summed E-state index contributed by atoms with van der Waals surface area (Å²) in [6, 6.07) is 0. The van der Waals surface area contributed by atoms with Crippen molar-refractivity contribution in [3.8, 4) is 0 Å². The summed E-state index contributed by atoms with van der Waals surface area (Å²) in [7, 11) is 0. The van der Waals surface area contributed by atoms with Crippen LogP contribution in [0.3, 0.4) is 0 Å². The summed E-state index contributed by atoms with van der Waals surface area (Å²) < 4.78 is 5.51. The van der Waals surface area contributed by atoms with Crippen molar-refractivity contribution in [3.05, 3.63) is 0 Å². The number of hydrogen-bond donors (Lipinski definition) is 2. The van der Waals surface area contributed by atoms with Crippen LogP contribution < -0.4 is 5.32 Å². The highest BCUT2D eigenvalue weighted by atomic mass is 16.5. The highest BCUT2D eigenvalue weighted by molar-refractivity contribution is 5.85. The number of rotatable bonds is 3. The summed E-state index contributed by atoms with van der Waals surface area (Å²) in [6.45, 7) is 7.31. The van der Waals surface area contributed by atoms with Gasteiger partial charge in [-0.05, 0) is 50.9 Å². The third-order valence-corrected chi connectivity index (χ3v) is 4.81. The second-order valence-electron chi connectivity index (χ2n) is 7.25. The van der Waals surface area contributed by atoms with E-state index in [2.05, 4.69) is 19.2 Å². The van der Waals surface area contributed by atoms with Crippen molar-refractivity contribution in [1.82, 2.24) is 5.32 Å². The number of carbonyl (C=O) groups excluding carboxylic acids is 1. The molecule has 2 aliphatic rings. The van der Waals surface area contributed by atoms with Gasteiger partial charge in [-0.3, -0.25) is 4.79 Å². The standard InChI is InChI=1S/C15H27NO3/c1-13(2)6-8-15(18,9-7-13)11-16-12(17)14(3)5-4-10-19-14/h18H,4-11H2,1-3H3,(H,16,17). The highest BCUT2D eigenvalue weighted by Gasteiger charge is 2.41. The molecule has 110 valence electrons. The Kier molecular flexibility index (Phi) is 3.94. The van der Waals surface area contributed by atoms with E-state index >= 15 is 0 Å². The Hall–Kier alpha value is -0.610. The molecule has 2 fully saturated rings. The van der Waals surface area contributed by atoms with Gasteiger partial charge in [-0.25, -0.2) is 0 Å². The smallest absolute Gasteiger partial charge is 0.252 e. The van der Waals surface area contributed by atoms with Gasteiger partial charge in [-0.2, -0.15) is 0 Å². The molecule has 0 bridgehead atoms. The number of amides is 1. The van der Waals surface area contributed by atoms with Crippen LogP contribution in [-0.2, 0) is 9.53 Å². The number of hydrogen-bond acceptors (Lipinski definition) is 3. The van der Waals surface area contributed by atoms with Crippen LogP contribution in [-0.4, -0.2) is 35.4 Å². The molecule has 1 aliphatic carbocycles. The zero-order valence-electron chi connectivity index (χ0n) is 12.4. The molecule has 0 aromatic carbocycles. The predicted molar refractivity (Wildman–Crippen MR) is 73.8 cm³/mol. The van der Waals surface area contributed by atoms with E-state index in [1.54, 1.807) is 0 Å². The van der Waals surface area contributed by atoms with Crippen LogP contribution in [0, 0.1) is 5.41 Å². The van der Waals surface area contributed by atoms with Gasteiger partial charge in [0.1, 0.15) is 5.60 Å². The lowest BCUT2D eigenvalue weighted by atomic mass is 9.71. The maximum Gasteiger partial charge on any atom is 0.252 e. The normalized spacial score (nSPS) is 33.1. The van der Waals surface area contributed by atoms with Gasteiger partial charge in [-0.1, -0.05) is 13.8 Å². The average molecular weight is 269 g/mol. The van der Waals surface area contributed by atoms with Crippen LogP contribution in [0.5, 0.6) is 0 Å². The Labute approximate surface area is 115 Å². The quantitative estimate of drug-likeness (QED) is 0.824. The molecule has 0 radical (unpaired) electrons. The first-order valence-electron chi connectivity index (χ1n) is 7.40. The third-order valence-electron chi connectivity index (χ3n) is 4.81. The fourth-order valence-electron chi connectivity index (χ4n) is 2.96. The van der Waals surface area contributed by atoms with Gasteiger partial charge in [0, 0.05) is 13.2 Å². The lowest BCUT2D eigenvalue weighted by Gasteiger charge is -2.40. The zero-order valence-corrected chi connectivity index (χ0v) is 12.4. The van der Waals surface area contributed by atoms with E-state index in [9.17, 15) is 9.90 Å². The molecule has 19 heavy (non-hydrogen) atoms. The Balaban J connectivity index is 1.83. The Bertz CT molecular complexity index is 335. The molecular weight excluding hydrogens is 242 g/mol. The van der Waals surface area contributed by atoms with Crippen molar-refractivity contribution in [2.45, 2.75) is 70.5 Å². The first-order chi connectivity index (χ1) is 8.75. The fourth-order valence-corrected chi connectivity index (χ4v) is 2.96. The maximum absolute atomic E-state index is 12.1. The van der Waals surface area contributed by atoms with Crippen LogP contribution in [0.15, 0.2) is 0 Å². The lowest BCUT2D eigenvalue weighted by Crippen LogP contribution is -2.51. The van der Waals surface area contributed by atoms with E-state index < -0.39 is 11.2 Å². The number of nitrogens with one attached hydrogen (secondary N) is 1. The molecule has 4 nitrogen and oxygen atoms in total. The van der Waals surface area contributed by atoms with Crippen LogP contribution in [0.2, 0.25) is 0 Å². The van der Waals surface area contributed by atoms with Gasteiger partial charge in [0.15, 0.2) is 0 Å². The molecule has 2 N–H and O–H groups in total. The highest BCUT2D eigenvalue weighted by Crippen LogP contribution is 2.39. The number of carbonyl (C=O) groups is 1. The molecule has 0 aromatic heterocycles. The summed E-state index contributed by atoms with van der Waals surface area (Å²) in [4.78, 5) is 12.1. The van der Waals surface area contributed by atoms with Crippen molar-refractivity contribution in [3.63, 3.8) is 0 Å². The van der Waals surface area contributed by atoms with Crippen molar-refractivity contribution >= 4 is 5.91 Å². The molecule has 1 atom stereocenters. The van der Waals surface area contributed by atoms with Crippen molar-refractivity contribution in [1.29, 1.82) is 0 Å². The second kappa shape index (κ2) is 5.06. The SMILES string of the molecule is CC1(C)CCC(O)(CNC(=O)C2(C)CCCO2)CC1. The second-order valence-corrected chi connectivity index (χ2v) is 7.25. The van der Waals surface area contributed by atoms with Crippen molar-refractivity contribution in [2.75, 3.05) is 13.2 Å². The minimum absolute atomic E-state index is 0.0803. The molecule has 2 rings (SSSR count). The molecule has 0 spiro atoms. The predicted octanol–water partition coefficient (Wildman–Crippen LogP) is 2.00. The number of aliphatic hydroxyl groups is 1. The van der Waals surface area contributed by atoms with Gasteiger partial charge in [0.25, 0.3) is 5.91 Å². The van der Waals surface area contributed by atoms with Crippen LogP contribution in [0.25, 0.3) is 0 Å². The summed E-state index contributed by atoms with van der Waals surface area (Å²) in [5, 5.41) is 13.4. The largest absolute Gasteiger partial charge is 0.388 e. The van der Waals surface area contributed by atoms with Crippen LogP contribution in [0.4, 0.5) is 0 Å². The minimum atomic E-state index is -0.736. The zero-order chi connectivity index (χ0) is 14.1. The first-order valence-corrected chi connectivity index (χ1v) is 7.40. The minimum Gasteiger partial charge on any atom is -0.388 e. The molecule has 1 saturated carbocycles. The van der Waals surface area contributed by atoms with Crippen molar-refractivity contribution in [2.24, 2.45) is 5.41 Å². The van der Waals surface area contributed by atoms with Gasteiger partial charge in [0.05, 0.1) is 5.60 Å². The number of ether oxygens (including phenoxy) is 1. The van der Waals surface area contributed by atoms with Gasteiger partial charge in [0.2, 0.25) is 0 Å². The van der Waals surface area contributed by atoms with Gasteiger partial charge in [-0.15, -0.1) is 0 Å². The Morgan fingerprint density at radius 3 is 2.32 bits per heavy atom. The van der Waals surface area contributed by atoms with Crippen LogP contribution in [0.1, 0.15) is 59.3 Å². The van der Waals surface area contributed by atoms with E-state index in [0.29, 0.717) is 18.6 Å². The molecule has 1 saturated heterocycles. The summed E-state index contributed by atoms with van der Waals surface area (Å²) >= 11 is 0. The van der Waals surface area contributed by atoms with E-state index in [-0.39, 0.29) is 5.91 Å². The van der Waals surface area contributed by atoms with E-state index in [1.165, 1.54) is 0 Å². The fraction of sp³-hybridized carbons (Fsp3) is 0.933. The summed E-state index contributed by atoms with van der Waals surface area (Å²) in [5.41, 5.74) is -1.11. The Morgan fingerprint density at radius 2 is 1.79 bits per heavy atom.